The molecule has 0 unspecified atom stereocenters. The molecule has 2 aromatic rings. The molecule has 0 fully saturated rings. The van der Waals surface area contributed by atoms with Crippen molar-refractivity contribution in [1.82, 2.24) is 5.32 Å². The second-order valence-corrected chi connectivity index (χ2v) is 2.74. The van der Waals surface area contributed by atoms with E-state index in [2.05, 4.69) is 5.32 Å². The molecule has 4 heteroatoms. The highest BCUT2D eigenvalue weighted by Gasteiger charge is 2.07. The maximum Gasteiger partial charge on any atom is 0.287 e. The monoisotopic (exact) mass is 191 g/mol. The number of carbonyl (C=O) groups is 1. The fraction of sp³-hybridized carbons (Fsp3) is 0.100. The second-order valence-electron chi connectivity index (χ2n) is 2.74. The van der Waals surface area contributed by atoms with E-state index < -0.39 is 0 Å². The minimum atomic E-state index is -0.244. The second kappa shape index (κ2) is 3.83. The van der Waals surface area contributed by atoms with Gasteiger partial charge in [0, 0.05) is 0 Å². The Morgan fingerprint density at radius 3 is 2.64 bits per heavy atom. The van der Waals surface area contributed by atoms with E-state index in [0.29, 0.717) is 18.1 Å². The van der Waals surface area contributed by atoms with Gasteiger partial charge in [-0.1, -0.05) is 0 Å². The Balaban J connectivity index is 1.90. The maximum absolute atomic E-state index is 11.4. The first-order chi connectivity index (χ1) is 6.86. The predicted molar refractivity (Wildman–Crippen MR) is 48.6 cm³/mol. The molecule has 2 aromatic heterocycles. The third-order valence-electron chi connectivity index (χ3n) is 1.75. The molecule has 0 aliphatic heterocycles. The topological polar surface area (TPSA) is 55.4 Å². The van der Waals surface area contributed by atoms with E-state index >= 15 is 0 Å². The Morgan fingerprint density at radius 1 is 1.21 bits per heavy atom. The molecule has 0 bridgehead atoms. The molecule has 72 valence electrons. The molecule has 0 saturated carbocycles. The van der Waals surface area contributed by atoms with Crippen LogP contribution in [0.25, 0.3) is 0 Å². The zero-order valence-electron chi connectivity index (χ0n) is 7.40. The van der Waals surface area contributed by atoms with Gasteiger partial charge in [-0.15, -0.1) is 0 Å². The lowest BCUT2D eigenvalue weighted by molar-refractivity contribution is 0.0920. The predicted octanol–water partition coefficient (Wildman–Crippen LogP) is 1.80. The molecular weight excluding hydrogens is 182 g/mol. The number of rotatable bonds is 3. The van der Waals surface area contributed by atoms with E-state index in [-0.39, 0.29) is 5.91 Å². The molecular formula is C10H9NO3. The van der Waals surface area contributed by atoms with Crippen molar-refractivity contribution in [2.75, 3.05) is 0 Å². The minimum absolute atomic E-state index is 0.244. The summed E-state index contributed by atoms with van der Waals surface area (Å²) in [5.41, 5.74) is 0. The molecule has 4 nitrogen and oxygen atoms in total. The highest BCUT2D eigenvalue weighted by molar-refractivity contribution is 5.91. The van der Waals surface area contributed by atoms with Crippen LogP contribution in [0.1, 0.15) is 16.3 Å². The van der Waals surface area contributed by atoms with Crippen LogP contribution in [0.2, 0.25) is 0 Å². The maximum atomic E-state index is 11.4. The Hall–Kier alpha value is -1.97. The Kier molecular flexibility index (Phi) is 2.36. The molecule has 0 aliphatic carbocycles. The van der Waals surface area contributed by atoms with Gasteiger partial charge >= 0.3 is 0 Å². The van der Waals surface area contributed by atoms with Crippen molar-refractivity contribution in [1.29, 1.82) is 0 Å². The summed E-state index contributed by atoms with van der Waals surface area (Å²) in [4.78, 5) is 11.4. The summed E-state index contributed by atoms with van der Waals surface area (Å²) in [6.07, 6.45) is 3.02. The minimum Gasteiger partial charge on any atom is -0.467 e. The zero-order valence-corrected chi connectivity index (χ0v) is 7.40. The van der Waals surface area contributed by atoms with Crippen molar-refractivity contribution >= 4 is 5.91 Å². The largest absolute Gasteiger partial charge is 0.467 e. The van der Waals surface area contributed by atoms with E-state index in [0.717, 1.165) is 0 Å². The van der Waals surface area contributed by atoms with Crippen LogP contribution in [-0.2, 0) is 6.54 Å². The summed E-state index contributed by atoms with van der Waals surface area (Å²) >= 11 is 0. The average molecular weight is 191 g/mol. The van der Waals surface area contributed by atoms with Crippen LogP contribution in [-0.4, -0.2) is 5.91 Å². The van der Waals surface area contributed by atoms with Gasteiger partial charge in [0.05, 0.1) is 19.1 Å². The van der Waals surface area contributed by atoms with Gasteiger partial charge in [0.1, 0.15) is 5.76 Å². The van der Waals surface area contributed by atoms with Crippen LogP contribution < -0.4 is 5.32 Å². The fourth-order valence-electron chi connectivity index (χ4n) is 1.08. The van der Waals surface area contributed by atoms with E-state index in [1.165, 1.54) is 6.26 Å². The first kappa shape index (κ1) is 8.62. The van der Waals surface area contributed by atoms with Gasteiger partial charge in [-0.2, -0.15) is 0 Å². The Bertz CT molecular complexity index is 389. The summed E-state index contributed by atoms with van der Waals surface area (Å²) in [7, 11) is 0. The number of amides is 1. The van der Waals surface area contributed by atoms with E-state index in [4.69, 9.17) is 8.83 Å². The third kappa shape index (κ3) is 1.85. The van der Waals surface area contributed by atoms with Gasteiger partial charge < -0.3 is 14.2 Å². The first-order valence-electron chi connectivity index (χ1n) is 4.20. The van der Waals surface area contributed by atoms with E-state index in [1.54, 1.807) is 30.5 Å². The molecule has 2 heterocycles. The van der Waals surface area contributed by atoms with E-state index in [9.17, 15) is 4.79 Å². The van der Waals surface area contributed by atoms with Crippen molar-refractivity contribution in [3.05, 3.63) is 48.3 Å². The van der Waals surface area contributed by atoms with Crippen molar-refractivity contribution in [2.45, 2.75) is 6.54 Å². The Labute approximate surface area is 80.5 Å². The zero-order chi connectivity index (χ0) is 9.80. The number of hydrogen-bond acceptors (Lipinski definition) is 3. The SMILES string of the molecule is O=C(NCc1ccco1)c1ccco1. The number of hydrogen-bond donors (Lipinski definition) is 1. The third-order valence-corrected chi connectivity index (χ3v) is 1.75. The highest BCUT2D eigenvalue weighted by Crippen LogP contribution is 2.02. The van der Waals surface area contributed by atoms with Gasteiger partial charge in [-0.05, 0) is 24.3 Å². The smallest absolute Gasteiger partial charge is 0.287 e. The van der Waals surface area contributed by atoms with Crippen LogP contribution in [0.15, 0.2) is 45.6 Å². The van der Waals surface area contributed by atoms with Crippen LogP contribution in [0.4, 0.5) is 0 Å². The summed E-state index contributed by atoms with van der Waals surface area (Å²) in [5, 5.41) is 2.66. The van der Waals surface area contributed by atoms with Crippen molar-refractivity contribution < 1.29 is 13.6 Å². The first-order valence-corrected chi connectivity index (χ1v) is 4.20. The van der Waals surface area contributed by atoms with E-state index in [1.807, 2.05) is 0 Å². The fourth-order valence-corrected chi connectivity index (χ4v) is 1.08. The molecule has 2 rings (SSSR count). The van der Waals surface area contributed by atoms with Crippen LogP contribution >= 0.6 is 0 Å². The molecule has 1 N–H and O–H groups in total. The van der Waals surface area contributed by atoms with Gasteiger partial charge in [0.15, 0.2) is 5.76 Å². The normalized spacial score (nSPS) is 10.0. The van der Waals surface area contributed by atoms with Crippen LogP contribution in [0.5, 0.6) is 0 Å². The number of nitrogens with one attached hydrogen (secondary N) is 1. The molecule has 0 saturated heterocycles. The van der Waals surface area contributed by atoms with Gasteiger partial charge in [-0.3, -0.25) is 4.79 Å². The summed E-state index contributed by atoms with van der Waals surface area (Å²) in [5.74, 6) is 0.771. The van der Waals surface area contributed by atoms with Crippen molar-refractivity contribution in [3.63, 3.8) is 0 Å². The average Bonchev–Trinajstić information content (AvgIpc) is 2.87. The van der Waals surface area contributed by atoms with Crippen molar-refractivity contribution in [2.24, 2.45) is 0 Å². The summed E-state index contributed by atoms with van der Waals surface area (Å²) in [6.45, 7) is 0.368. The lowest BCUT2D eigenvalue weighted by Gasteiger charge is -1.99. The summed E-state index contributed by atoms with van der Waals surface area (Å²) < 4.78 is 9.98. The molecule has 1 amide bonds. The standard InChI is InChI=1S/C10H9NO3/c12-10(9-4-2-6-14-9)11-7-8-3-1-5-13-8/h1-6H,7H2,(H,11,12). The lowest BCUT2D eigenvalue weighted by atomic mass is 10.4. The number of furan rings is 2. The quantitative estimate of drug-likeness (QED) is 0.804. The summed E-state index contributed by atoms with van der Waals surface area (Å²) in [6, 6.07) is 6.84. The molecule has 0 radical (unpaired) electrons. The van der Waals surface area contributed by atoms with Gasteiger partial charge in [0.2, 0.25) is 0 Å². The molecule has 0 aliphatic rings. The van der Waals surface area contributed by atoms with Gasteiger partial charge in [-0.25, -0.2) is 0 Å². The molecule has 14 heavy (non-hydrogen) atoms. The lowest BCUT2D eigenvalue weighted by Crippen LogP contribution is -2.21. The highest BCUT2D eigenvalue weighted by atomic mass is 16.3. The number of carbonyl (C=O) groups excluding carboxylic acids is 1. The molecule has 0 spiro atoms. The molecule has 0 aromatic carbocycles. The van der Waals surface area contributed by atoms with Gasteiger partial charge in [0.25, 0.3) is 5.91 Å². The van der Waals surface area contributed by atoms with Crippen LogP contribution in [0.3, 0.4) is 0 Å². The molecule has 0 atom stereocenters. The van der Waals surface area contributed by atoms with Crippen LogP contribution in [0, 0.1) is 0 Å². The Morgan fingerprint density at radius 2 is 2.00 bits per heavy atom. The van der Waals surface area contributed by atoms with Crippen molar-refractivity contribution in [3.8, 4) is 0 Å².